The minimum Gasteiger partial charge on any atom is -0.463 e. The van der Waals surface area contributed by atoms with Crippen LogP contribution in [0.5, 0.6) is 5.75 Å². The summed E-state index contributed by atoms with van der Waals surface area (Å²) in [5.41, 5.74) is 0.463. The molecule has 1 aliphatic rings. The van der Waals surface area contributed by atoms with Gasteiger partial charge in [0.1, 0.15) is 36.3 Å². The van der Waals surface area contributed by atoms with E-state index in [0.29, 0.717) is 5.39 Å². The minimum atomic E-state index is -1.96. The first kappa shape index (κ1) is 19.3. The van der Waals surface area contributed by atoms with Gasteiger partial charge in [-0.3, -0.25) is 4.79 Å². The number of aliphatic hydroxyl groups is 2. The molecule has 0 radical (unpaired) electrons. The SMILES string of the molecule is CC(=O)OC[C@H]1O[C@H](Oc2ccc3c(C)cc(=O)oc3c2)[C@H](O)[C@@H](O)[C@H]1F. The van der Waals surface area contributed by atoms with Crippen LogP contribution in [0.4, 0.5) is 4.39 Å². The number of rotatable bonds is 4. The van der Waals surface area contributed by atoms with Crippen LogP contribution in [0, 0.1) is 6.92 Å². The molecule has 1 aromatic carbocycles. The number of hydrogen-bond acceptors (Lipinski definition) is 8. The van der Waals surface area contributed by atoms with Gasteiger partial charge in [-0.2, -0.15) is 0 Å². The average molecular weight is 382 g/mol. The third-order valence-corrected chi connectivity index (χ3v) is 4.25. The van der Waals surface area contributed by atoms with Gasteiger partial charge in [0.15, 0.2) is 6.17 Å². The summed E-state index contributed by atoms with van der Waals surface area (Å²) in [7, 11) is 0. The van der Waals surface area contributed by atoms with Gasteiger partial charge in [-0.05, 0) is 24.6 Å². The van der Waals surface area contributed by atoms with Gasteiger partial charge in [0.2, 0.25) is 6.29 Å². The third kappa shape index (κ3) is 4.10. The van der Waals surface area contributed by atoms with E-state index in [1.165, 1.54) is 12.1 Å². The number of fused-ring (bicyclic) bond motifs is 1. The maximum absolute atomic E-state index is 14.1. The van der Waals surface area contributed by atoms with Crippen molar-refractivity contribution in [2.24, 2.45) is 0 Å². The normalized spacial score (nSPS) is 28.1. The molecule has 2 heterocycles. The standard InChI is InChI=1S/C18H19FO8/c1-8-5-14(21)26-12-6-10(3-4-11(8)12)25-18-17(23)16(22)15(19)13(27-18)7-24-9(2)20/h3-6,13,15-18,22-23H,7H2,1-2H3/t13-,15+,16+,17-,18+/m1/s1. The van der Waals surface area contributed by atoms with E-state index in [1.54, 1.807) is 19.1 Å². The second-order valence-electron chi connectivity index (χ2n) is 6.30. The molecular formula is C18H19FO8. The van der Waals surface area contributed by atoms with Crippen LogP contribution in [0.25, 0.3) is 11.0 Å². The first-order chi connectivity index (χ1) is 12.8. The molecule has 2 aromatic rings. The van der Waals surface area contributed by atoms with Crippen LogP contribution in [0.15, 0.2) is 33.5 Å². The predicted octanol–water partition coefficient (Wildman–Crippen LogP) is 0.828. The van der Waals surface area contributed by atoms with E-state index in [2.05, 4.69) is 0 Å². The van der Waals surface area contributed by atoms with Gasteiger partial charge in [-0.25, -0.2) is 9.18 Å². The molecule has 0 aliphatic carbocycles. The summed E-state index contributed by atoms with van der Waals surface area (Å²) in [5, 5.41) is 20.6. The van der Waals surface area contributed by atoms with E-state index in [0.717, 1.165) is 12.5 Å². The van der Waals surface area contributed by atoms with Crippen LogP contribution in [-0.4, -0.2) is 53.6 Å². The van der Waals surface area contributed by atoms with Crippen LogP contribution < -0.4 is 10.4 Å². The van der Waals surface area contributed by atoms with Crippen LogP contribution >= 0.6 is 0 Å². The predicted molar refractivity (Wildman–Crippen MR) is 90.1 cm³/mol. The Morgan fingerprint density at radius 2 is 2.00 bits per heavy atom. The van der Waals surface area contributed by atoms with Crippen molar-refractivity contribution in [3.8, 4) is 5.75 Å². The van der Waals surface area contributed by atoms with Crippen molar-refractivity contribution in [1.82, 2.24) is 0 Å². The lowest BCUT2D eigenvalue weighted by molar-refractivity contribution is -0.266. The highest BCUT2D eigenvalue weighted by atomic mass is 19.1. The Balaban J connectivity index is 1.81. The Hall–Kier alpha value is -2.49. The summed E-state index contributed by atoms with van der Waals surface area (Å²) in [4.78, 5) is 22.4. The van der Waals surface area contributed by atoms with Crippen LogP contribution in [0.2, 0.25) is 0 Å². The van der Waals surface area contributed by atoms with Crippen LogP contribution in [-0.2, 0) is 14.3 Å². The number of carbonyl (C=O) groups excluding carboxylic acids is 1. The van der Waals surface area contributed by atoms with Crippen molar-refractivity contribution in [2.75, 3.05) is 6.61 Å². The molecule has 1 aromatic heterocycles. The lowest BCUT2D eigenvalue weighted by atomic mass is 10.0. The summed E-state index contributed by atoms with van der Waals surface area (Å²) < 4.78 is 34.8. The molecule has 1 fully saturated rings. The largest absolute Gasteiger partial charge is 0.463 e. The summed E-state index contributed by atoms with van der Waals surface area (Å²) in [6.45, 7) is 2.47. The number of halogens is 1. The molecule has 0 unspecified atom stereocenters. The van der Waals surface area contributed by atoms with E-state index in [1.807, 2.05) is 0 Å². The molecule has 9 heteroatoms. The molecule has 8 nitrogen and oxygen atoms in total. The molecule has 5 atom stereocenters. The van der Waals surface area contributed by atoms with E-state index in [4.69, 9.17) is 18.6 Å². The zero-order chi connectivity index (χ0) is 19.7. The van der Waals surface area contributed by atoms with E-state index in [9.17, 15) is 24.2 Å². The molecule has 0 spiro atoms. The Morgan fingerprint density at radius 3 is 2.70 bits per heavy atom. The van der Waals surface area contributed by atoms with Gasteiger partial charge < -0.3 is 28.8 Å². The monoisotopic (exact) mass is 382 g/mol. The molecule has 27 heavy (non-hydrogen) atoms. The van der Waals surface area contributed by atoms with Crippen molar-refractivity contribution in [1.29, 1.82) is 0 Å². The van der Waals surface area contributed by atoms with E-state index < -0.39 is 49.0 Å². The maximum atomic E-state index is 14.1. The van der Waals surface area contributed by atoms with Gasteiger partial charge >= 0.3 is 11.6 Å². The molecule has 1 saturated heterocycles. The number of aliphatic hydroxyl groups excluding tert-OH is 2. The fourth-order valence-corrected chi connectivity index (χ4v) is 2.84. The summed E-state index contributed by atoms with van der Waals surface area (Å²) in [6.07, 6.45) is -8.14. The molecule has 2 N–H and O–H groups in total. The van der Waals surface area contributed by atoms with Crippen molar-refractivity contribution < 1.29 is 38.0 Å². The number of hydrogen-bond donors (Lipinski definition) is 2. The van der Waals surface area contributed by atoms with Crippen molar-refractivity contribution in [2.45, 2.75) is 44.6 Å². The number of alkyl halides is 1. The second kappa shape index (κ2) is 7.63. The summed E-state index contributed by atoms with van der Waals surface area (Å²) >= 11 is 0. The van der Waals surface area contributed by atoms with Crippen LogP contribution in [0.1, 0.15) is 12.5 Å². The molecule has 0 saturated carbocycles. The van der Waals surface area contributed by atoms with Gasteiger partial charge in [0.25, 0.3) is 0 Å². The summed E-state index contributed by atoms with van der Waals surface area (Å²) in [5.74, 6) is -0.458. The van der Waals surface area contributed by atoms with Crippen molar-refractivity contribution in [3.05, 3.63) is 40.2 Å². The van der Waals surface area contributed by atoms with Gasteiger partial charge in [-0.1, -0.05) is 0 Å². The van der Waals surface area contributed by atoms with Gasteiger partial charge in [-0.15, -0.1) is 0 Å². The summed E-state index contributed by atoms with van der Waals surface area (Å²) in [6, 6.07) is 5.99. The van der Waals surface area contributed by atoms with E-state index >= 15 is 0 Å². The van der Waals surface area contributed by atoms with Crippen LogP contribution in [0.3, 0.4) is 0 Å². The van der Waals surface area contributed by atoms with Crippen molar-refractivity contribution in [3.63, 3.8) is 0 Å². The Bertz CT molecular complexity index is 895. The molecular weight excluding hydrogens is 363 g/mol. The second-order valence-corrected chi connectivity index (χ2v) is 6.30. The van der Waals surface area contributed by atoms with Crippen molar-refractivity contribution >= 4 is 16.9 Å². The lowest BCUT2D eigenvalue weighted by Crippen LogP contribution is -2.58. The zero-order valence-electron chi connectivity index (χ0n) is 14.6. The fraction of sp³-hybridized carbons (Fsp3) is 0.444. The average Bonchev–Trinajstić information content (AvgIpc) is 2.60. The number of aryl methyl sites for hydroxylation is 1. The molecule has 0 amide bonds. The lowest BCUT2D eigenvalue weighted by Gasteiger charge is -2.38. The highest BCUT2D eigenvalue weighted by Gasteiger charge is 2.46. The number of carbonyl (C=O) groups is 1. The fourth-order valence-electron chi connectivity index (χ4n) is 2.84. The zero-order valence-corrected chi connectivity index (χ0v) is 14.6. The maximum Gasteiger partial charge on any atom is 0.336 e. The molecule has 3 rings (SSSR count). The Kier molecular flexibility index (Phi) is 5.45. The molecule has 1 aliphatic heterocycles. The topological polar surface area (TPSA) is 115 Å². The van der Waals surface area contributed by atoms with Gasteiger partial charge in [0, 0.05) is 24.4 Å². The van der Waals surface area contributed by atoms with E-state index in [-0.39, 0.29) is 11.3 Å². The highest BCUT2D eigenvalue weighted by molar-refractivity contribution is 5.81. The highest BCUT2D eigenvalue weighted by Crippen LogP contribution is 2.28. The van der Waals surface area contributed by atoms with Gasteiger partial charge in [0.05, 0.1) is 0 Å². The quantitative estimate of drug-likeness (QED) is 0.590. The minimum absolute atomic E-state index is 0.177. The third-order valence-electron chi connectivity index (χ3n) is 4.25. The smallest absolute Gasteiger partial charge is 0.336 e. The molecule has 0 bridgehead atoms. The first-order valence-electron chi connectivity index (χ1n) is 8.26. The number of benzene rings is 1. The number of esters is 1. The Morgan fingerprint density at radius 1 is 1.26 bits per heavy atom. The first-order valence-corrected chi connectivity index (χ1v) is 8.26. The Labute approximate surface area is 153 Å². The number of ether oxygens (including phenoxy) is 3. The molecule has 146 valence electrons.